The second kappa shape index (κ2) is 58.5. The third kappa shape index (κ3) is 45.1. The number of benzene rings is 6. The SMILES string of the molecule is C.CC(O)C(NC(=O)OC(C)(C)C)C(=O)O.CCOC(=O)C(N)C(C)OC(=O)Cc1ccccc1Nc1c(Cl)cccc1Cl.CCOC(=O)C(NC(=O)OC(C)(C)C)C(C)O.CCOC(=O)C(NC(=O)OC(C)(C)C)C(C)OC(=O)Cc1ccccc1Nc1c(Cl)cccc1Cl.CCOC(=O)C(NC=S)C(C)OC(=O)Cc1ccccc1Nc1c(Cl)cccc1Cl.Cl.[HH]. The summed E-state index contributed by atoms with van der Waals surface area (Å²) in [5, 5.41) is 48.7. The summed E-state index contributed by atoms with van der Waals surface area (Å²) in [6, 6.07) is 31.3. The molecule has 6 rings (SSSR count). The number of rotatable bonds is 34. The molecule has 6 aromatic carbocycles. The molecule has 706 valence electrons. The number of aliphatic hydroxyl groups excluding tert-OH is 2. The molecule has 0 aliphatic rings. The van der Waals surface area contributed by atoms with Gasteiger partial charge in [0.1, 0.15) is 41.2 Å². The van der Waals surface area contributed by atoms with E-state index < -0.39 is 144 Å². The molecule has 0 bridgehead atoms. The maximum atomic E-state index is 12.8. The Morgan fingerprint density at radius 2 is 0.654 bits per heavy atom. The molecular formula is C87H119Cl7N8O24S. The number of carbonyl (C=O) groups excluding carboxylic acids is 10. The zero-order valence-corrected chi connectivity index (χ0v) is 79.2. The number of esters is 7. The number of hydrogen-bond donors (Lipinski definition) is 11. The number of thiocarbonyl (C=S) groups is 1. The Balaban J connectivity index is 0. The van der Waals surface area contributed by atoms with Crippen LogP contribution < -0.4 is 43.0 Å². The van der Waals surface area contributed by atoms with E-state index in [1.807, 2.05) is 12.1 Å². The van der Waals surface area contributed by atoms with Crippen LogP contribution in [0.2, 0.25) is 30.1 Å². The van der Waals surface area contributed by atoms with Gasteiger partial charge in [0.2, 0.25) is 0 Å². The number of carbonyl (C=O) groups is 11. The van der Waals surface area contributed by atoms with Crippen LogP contribution in [0.4, 0.5) is 48.5 Å². The maximum Gasteiger partial charge on any atom is 0.408 e. The minimum absolute atomic E-state index is 0. The fraction of sp³-hybridized carbons (Fsp3) is 0.448. The number of nitrogens with two attached hydrogens (primary N) is 1. The van der Waals surface area contributed by atoms with Crippen molar-refractivity contribution in [2.24, 2.45) is 5.73 Å². The van der Waals surface area contributed by atoms with E-state index in [4.69, 9.17) is 145 Å². The second-order valence-corrected chi connectivity index (χ2v) is 32.4. The molecule has 0 heterocycles. The average Bonchev–Trinajstić information content (AvgIpc) is 0.838. The molecule has 10 atom stereocenters. The smallest absolute Gasteiger partial charge is 0.408 e. The van der Waals surface area contributed by atoms with Gasteiger partial charge in [0.25, 0.3) is 0 Å². The molecule has 127 heavy (non-hydrogen) atoms. The molecule has 0 radical (unpaired) electrons. The first-order chi connectivity index (χ1) is 58.4. The molecule has 0 aromatic heterocycles. The van der Waals surface area contributed by atoms with Gasteiger partial charge >= 0.3 is 66.0 Å². The van der Waals surface area contributed by atoms with Crippen LogP contribution in [-0.4, -0.2) is 191 Å². The van der Waals surface area contributed by atoms with Gasteiger partial charge in [-0.15, -0.1) is 12.4 Å². The summed E-state index contributed by atoms with van der Waals surface area (Å²) in [5.41, 5.74) is 10.3. The zero-order chi connectivity index (χ0) is 94.8. The molecule has 0 aliphatic heterocycles. The lowest BCUT2D eigenvalue weighted by molar-refractivity contribution is -0.158. The molecule has 12 N–H and O–H groups in total. The van der Waals surface area contributed by atoms with Crippen LogP contribution >= 0.6 is 94.2 Å². The Kier molecular flexibility index (Phi) is 54.0. The standard InChI is InChI=1S/C25H30Cl2N2O6.C21H22Cl2N2O4S.C20H22Cl2N2O4.C11H21NO5.C9H17NO5.CH4.ClH.H2/c1-6-33-23(31)21(29-24(32)35-25(3,4)5)15(2)34-20(30)14-16-10-7-8-13-19(16)28-22-17(26)11-9-12-18(22)27;1-3-28-21(27)19(24-12-30)13(2)29-18(26)11-14-7-4-5-10-17(14)25-20-15(22)8-6-9-16(20)23;1-3-27-20(26)18(23)12(2)28-17(25)11-13-7-4-5-10-16(13)24-19-14(21)8-6-9-15(19)22;1-6-16-9(14)8(7(2)13)12-10(15)17-11(3,4)5;1-5(11)6(7(12)13)10-8(14)15-9(2,3)4;;;/h7-13,15,21,28H,6,14H2,1-5H3,(H,29,32);4-10,12-13,19,25H,3,11H2,1-2H3,(H,24,30);4-10,12,18,24H,3,11,23H2,1-2H3;7-8,13H,6H2,1-5H3,(H,12,15);5-6,11H,1-4H3,(H,10,14)(H,12,13);1H4;2*1H. The van der Waals surface area contributed by atoms with Gasteiger partial charge in [-0.1, -0.05) is 162 Å². The summed E-state index contributed by atoms with van der Waals surface area (Å²) in [6.45, 7) is 29.8. The molecule has 0 fully saturated rings. The minimum atomic E-state index is -1.36. The van der Waals surface area contributed by atoms with Gasteiger partial charge in [-0.2, -0.15) is 0 Å². The van der Waals surface area contributed by atoms with Crippen LogP contribution in [0.25, 0.3) is 0 Å². The molecule has 40 heteroatoms. The third-order valence-electron chi connectivity index (χ3n) is 15.8. The van der Waals surface area contributed by atoms with Gasteiger partial charge in [0.15, 0.2) is 24.2 Å². The highest BCUT2D eigenvalue weighted by atomic mass is 35.5. The number of ether oxygens (including phenoxy) is 10. The number of carboxylic acid groups (broad SMARTS) is 1. The lowest BCUT2D eigenvalue weighted by atomic mass is 10.1. The van der Waals surface area contributed by atoms with Crippen molar-refractivity contribution in [2.75, 3.05) is 42.4 Å². The average molecular weight is 1940 g/mol. The van der Waals surface area contributed by atoms with Crippen molar-refractivity contribution in [3.05, 3.63) is 174 Å². The van der Waals surface area contributed by atoms with Gasteiger partial charge in [-0.25, -0.2) is 33.6 Å². The number of carboxylic acids is 1. The number of aliphatic carboxylic acids is 1. The number of aliphatic hydroxyl groups is 2. The van der Waals surface area contributed by atoms with Crippen LogP contribution in [0.3, 0.4) is 0 Å². The molecular weight excluding hydrogens is 1820 g/mol. The van der Waals surface area contributed by atoms with Crippen LogP contribution in [0.1, 0.15) is 150 Å². The van der Waals surface area contributed by atoms with Crippen molar-refractivity contribution >= 4 is 200 Å². The summed E-state index contributed by atoms with van der Waals surface area (Å²) in [6.07, 6.45) is -7.48. The summed E-state index contributed by atoms with van der Waals surface area (Å²) in [4.78, 5) is 131. The Hall–Kier alpha value is -9.91. The molecule has 3 amide bonds. The molecule has 0 saturated heterocycles. The quantitative estimate of drug-likeness (QED) is 0.0102. The number of hydrogen-bond acceptors (Lipinski definition) is 28. The minimum Gasteiger partial charge on any atom is -0.480 e. The van der Waals surface area contributed by atoms with E-state index in [-0.39, 0.29) is 67.0 Å². The monoisotopic (exact) mass is 1940 g/mol. The number of nitrogens with one attached hydrogen (secondary N) is 7. The highest BCUT2D eigenvalue weighted by Crippen LogP contribution is 2.37. The second-order valence-electron chi connectivity index (χ2n) is 29.7. The predicted molar refractivity (Wildman–Crippen MR) is 498 cm³/mol. The third-order valence-corrected chi connectivity index (χ3v) is 17.8. The number of alkyl carbamates (subject to hydrolysis) is 3. The Bertz CT molecular complexity index is 4500. The number of para-hydroxylation sites is 6. The summed E-state index contributed by atoms with van der Waals surface area (Å²) in [7, 11) is 0. The van der Waals surface area contributed by atoms with E-state index in [1.54, 1.807) is 219 Å². The predicted octanol–water partition coefficient (Wildman–Crippen LogP) is 16.9. The first-order valence-corrected chi connectivity index (χ1v) is 41.8. The Morgan fingerprint density at radius 3 is 0.929 bits per heavy atom. The van der Waals surface area contributed by atoms with E-state index >= 15 is 0 Å². The van der Waals surface area contributed by atoms with E-state index in [2.05, 4.69) is 37.2 Å². The molecule has 0 saturated carbocycles. The molecule has 6 aromatic rings. The number of amides is 3. The fourth-order valence-corrected chi connectivity index (χ4v) is 11.7. The summed E-state index contributed by atoms with van der Waals surface area (Å²) >= 11 is 42.1. The van der Waals surface area contributed by atoms with E-state index in [9.17, 15) is 57.8 Å². The van der Waals surface area contributed by atoms with Crippen molar-refractivity contribution < 1.29 is 117 Å². The van der Waals surface area contributed by atoms with Gasteiger partial charge in [-0.05, 0) is 196 Å². The van der Waals surface area contributed by atoms with Crippen molar-refractivity contribution in [3.63, 3.8) is 0 Å². The Labute approximate surface area is 784 Å². The molecule has 0 aliphatic carbocycles. The fourth-order valence-electron chi connectivity index (χ4n) is 10.1. The van der Waals surface area contributed by atoms with Gasteiger partial charge in [-0.3, -0.25) is 19.2 Å². The largest absolute Gasteiger partial charge is 0.480 e. The number of halogens is 7. The van der Waals surface area contributed by atoms with Gasteiger partial charge in [0, 0.05) is 18.5 Å². The summed E-state index contributed by atoms with van der Waals surface area (Å²) < 4.78 is 50.8. The lowest BCUT2D eigenvalue weighted by Crippen LogP contribution is -2.51. The van der Waals surface area contributed by atoms with Crippen molar-refractivity contribution in [2.45, 2.75) is 229 Å². The van der Waals surface area contributed by atoms with Crippen molar-refractivity contribution in [1.82, 2.24) is 21.3 Å². The molecule has 0 spiro atoms. The Morgan fingerprint density at radius 1 is 0.402 bits per heavy atom. The van der Waals surface area contributed by atoms with Gasteiger partial charge < -0.3 is 106 Å². The van der Waals surface area contributed by atoms with Crippen LogP contribution in [0.15, 0.2) is 127 Å². The van der Waals surface area contributed by atoms with Crippen LogP contribution in [-0.2, 0) is 105 Å². The first kappa shape index (κ1) is 117. The van der Waals surface area contributed by atoms with E-state index in [0.29, 0.717) is 81.0 Å². The van der Waals surface area contributed by atoms with E-state index in [1.165, 1.54) is 26.3 Å². The van der Waals surface area contributed by atoms with Crippen LogP contribution in [0.5, 0.6) is 0 Å². The summed E-state index contributed by atoms with van der Waals surface area (Å²) in [5.74, 6) is -5.54. The maximum absolute atomic E-state index is 12.8. The molecule has 32 nitrogen and oxygen atoms in total. The highest BCUT2D eigenvalue weighted by Gasteiger charge is 2.35. The topological polar surface area (TPSA) is 451 Å². The lowest BCUT2D eigenvalue weighted by Gasteiger charge is -2.26. The first-order valence-electron chi connectivity index (χ1n) is 39.1. The molecule has 10 unspecified atom stereocenters. The zero-order valence-electron chi connectivity index (χ0n) is 73.0. The van der Waals surface area contributed by atoms with Gasteiger partial charge in [0.05, 0.1) is 111 Å². The van der Waals surface area contributed by atoms with E-state index in [0.717, 1.165) is 0 Å². The van der Waals surface area contributed by atoms with Crippen molar-refractivity contribution in [1.29, 1.82) is 0 Å². The van der Waals surface area contributed by atoms with Crippen molar-refractivity contribution in [3.8, 4) is 0 Å². The normalized spacial score (nSPS) is 13.0. The highest BCUT2D eigenvalue weighted by molar-refractivity contribution is 7.78. The van der Waals surface area contributed by atoms with Crippen LogP contribution in [0, 0.1) is 0 Å². The number of anilines is 6.